The second kappa shape index (κ2) is 10.7. The van der Waals surface area contributed by atoms with E-state index in [0.717, 1.165) is 29.5 Å². The normalized spacial score (nSPS) is 11.2. The number of para-hydroxylation sites is 1. The SMILES string of the molecule is Cc1ccc(CN=C(NCCc2nnc3ccccn23)Nc2ccccc2)cc1.I. The predicted molar refractivity (Wildman–Crippen MR) is 132 cm³/mol. The summed E-state index contributed by atoms with van der Waals surface area (Å²) in [4.78, 5) is 4.75. The van der Waals surface area contributed by atoms with E-state index in [-0.39, 0.29) is 24.0 Å². The number of hydrogen-bond donors (Lipinski definition) is 2. The van der Waals surface area contributed by atoms with E-state index in [2.05, 4.69) is 52.0 Å². The average molecular weight is 512 g/mol. The lowest BCUT2D eigenvalue weighted by molar-refractivity contribution is 0.790. The number of pyridine rings is 1. The zero-order chi connectivity index (χ0) is 19.9. The summed E-state index contributed by atoms with van der Waals surface area (Å²) in [5.74, 6) is 1.66. The number of aliphatic imine (C=N–C) groups is 1. The van der Waals surface area contributed by atoms with Gasteiger partial charge in [-0.25, -0.2) is 4.99 Å². The second-order valence-corrected chi connectivity index (χ2v) is 6.86. The molecule has 0 spiro atoms. The summed E-state index contributed by atoms with van der Waals surface area (Å²) in [5.41, 5.74) is 4.28. The van der Waals surface area contributed by atoms with E-state index >= 15 is 0 Å². The van der Waals surface area contributed by atoms with E-state index in [9.17, 15) is 0 Å². The summed E-state index contributed by atoms with van der Waals surface area (Å²) < 4.78 is 2.01. The van der Waals surface area contributed by atoms with Crippen LogP contribution >= 0.6 is 24.0 Å². The molecule has 0 aliphatic carbocycles. The van der Waals surface area contributed by atoms with Gasteiger partial charge in [0.15, 0.2) is 11.6 Å². The van der Waals surface area contributed by atoms with Gasteiger partial charge in [0.1, 0.15) is 5.82 Å². The molecule has 2 aromatic heterocycles. The number of hydrogen-bond acceptors (Lipinski definition) is 3. The molecule has 0 radical (unpaired) electrons. The fourth-order valence-corrected chi connectivity index (χ4v) is 3.02. The van der Waals surface area contributed by atoms with Crippen LogP contribution in [0.2, 0.25) is 0 Å². The van der Waals surface area contributed by atoms with E-state index < -0.39 is 0 Å². The number of rotatable bonds is 6. The van der Waals surface area contributed by atoms with Gasteiger partial charge in [0.05, 0.1) is 6.54 Å². The number of aromatic nitrogens is 3. The third-order valence-corrected chi connectivity index (χ3v) is 4.60. The molecule has 7 heteroatoms. The summed E-state index contributed by atoms with van der Waals surface area (Å²) in [5, 5.41) is 15.3. The molecule has 0 bridgehead atoms. The number of halogens is 1. The maximum Gasteiger partial charge on any atom is 0.196 e. The summed E-state index contributed by atoms with van der Waals surface area (Å²) in [6.07, 6.45) is 2.73. The van der Waals surface area contributed by atoms with Gasteiger partial charge in [0.2, 0.25) is 0 Å². The van der Waals surface area contributed by atoms with Crippen LogP contribution in [0.4, 0.5) is 5.69 Å². The smallest absolute Gasteiger partial charge is 0.196 e. The molecule has 0 aliphatic heterocycles. The van der Waals surface area contributed by atoms with E-state index in [1.54, 1.807) is 0 Å². The topological polar surface area (TPSA) is 66.6 Å². The van der Waals surface area contributed by atoms with Crippen molar-refractivity contribution in [1.29, 1.82) is 0 Å². The van der Waals surface area contributed by atoms with Crippen LogP contribution in [0.1, 0.15) is 17.0 Å². The monoisotopic (exact) mass is 512 g/mol. The van der Waals surface area contributed by atoms with Gasteiger partial charge >= 0.3 is 0 Å². The Balaban J connectivity index is 0.00000256. The average Bonchev–Trinajstić information content (AvgIpc) is 3.17. The molecule has 2 aromatic carbocycles. The minimum atomic E-state index is 0. The van der Waals surface area contributed by atoms with E-state index in [1.165, 1.54) is 11.1 Å². The Morgan fingerprint density at radius 2 is 1.70 bits per heavy atom. The summed E-state index contributed by atoms with van der Waals surface area (Å²) in [6, 6.07) is 24.4. The highest BCUT2D eigenvalue weighted by molar-refractivity contribution is 14.0. The number of anilines is 1. The number of fused-ring (bicyclic) bond motifs is 1. The van der Waals surface area contributed by atoms with Crippen LogP contribution < -0.4 is 10.6 Å². The Kier molecular flexibility index (Phi) is 7.78. The molecule has 4 rings (SSSR count). The highest BCUT2D eigenvalue weighted by Gasteiger charge is 2.06. The van der Waals surface area contributed by atoms with Gasteiger partial charge in [0, 0.05) is 24.8 Å². The van der Waals surface area contributed by atoms with E-state index in [4.69, 9.17) is 4.99 Å². The first kappa shape index (κ1) is 21.8. The number of nitrogens with zero attached hydrogens (tertiary/aromatic N) is 4. The van der Waals surface area contributed by atoms with Crippen molar-refractivity contribution in [3.63, 3.8) is 0 Å². The van der Waals surface area contributed by atoms with Gasteiger partial charge in [-0.05, 0) is 36.8 Å². The maximum absolute atomic E-state index is 4.75. The molecular formula is C23H25IN6. The number of aryl methyl sites for hydroxylation is 1. The first-order chi connectivity index (χ1) is 14.3. The standard InChI is InChI=1S/C23H24N6.HI/c1-18-10-12-19(13-11-18)17-25-23(26-20-7-3-2-4-8-20)24-15-14-22-28-27-21-9-5-6-16-29(21)22;/h2-13,16H,14-15,17H2,1H3,(H2,24,25,26);1H. The molecule has 154 valence electrons. The van der Waals surface area contributed by atoms with Gasteiger partial charge in [-0.3, -0.25) is 4.40 Å². The zero-order valence-corrected chi connectivity index (χ0v) is 19.2. The van der Waals surface area contributed by atoms with Crippen molar-refractivity contribution in [1.82, 2.24) is 19.9 Å². The van der Waals surface area contributed by atoms with Gasteiger partial charge in [0.25, 0.3) is 0 Å². The van der Waals surface area contributed by atoms with E-state index in [1.807, 2.05) is 59.1 Å². The lowest BCUT2D eigenvalue weighted by Gasteiger charge is -2.12. The number of benzene rings is 2. The Bertz CT molecular complexity index is 1090. The quantitative estimate of drug-likeness (QED) is 0.228. The molecule has 0 saturated carbocycles. The third-order valence-electron chi connectivity index (χ3n) is 4.60. The van der Waals surface area contributed by atoms with Crippen LogP contribution in [0.5, 0.6) is 0 Å². The molecule has 0 amide bonds. The van der Waals surface area contributed by atoms with Crippen molar-refractivity contribution in [3.8, 4) is 0 Å². The molecular weight excluding hydrogens is 487 g/mol. The largest absolute Gasteiger partial charge is 0.356 e. The van der Waals surface area contributed by atoms with Crippen LogP contribution in [-0.2, 0) is 13.0 Å². The van der Waals surface area contributed by atoms with Crippen molar-refractivity contribution >= 4 is 41.3 Å². The fourth-order valence-electron chi connectivity index (χ4n) is 3.02. The number of guanidine groups is 1. The van der Waals surface area contributed by atoms with Gasteiger partial charge in [-0.1, -0.05) is 54.1 Å². The minimum Gasteiger partial charge on any atom is -0.356 e. The Hall–Kier alpha value is -2.94. The maximum atomic E-state index is 4.75. The van der Waals surface area contributed by atoms with Crippen LogP contribution in [-0.4, -0.2) is 27.1 Å². The van der Waals surface area contributed by atoms with Crippen molar-refractivity contribution in [2.75, 3.05) is 11.9 Å². The molecule has 0 fully saturated rings. The van der Waals surface area contributed by atoms with Crippen molar-refractivity contribution in [2.24, 2.45) is 4.99 Å². The van der Waals surface area contributed by atoms with Gasteiger partial charge < -0.3 is 10.6 Å². The lowest BCUT2D eigenvalue weighted by atomic mass is 10.1. The summed E-state index contributed by atoms with van der Waals surface area (Å²) in [6.45, 7) is 3.39. The summed E-state index contributed by atoms with van der Waals surface area (Å²) >= 11 is 0. The highest BCUT2D eigenvalue weighted by atomic mass is 127. The van der Waals surface area contributed by atoms with Crippen LogP contribution in [0, 0.1) is 6.92 Å². The molecule has 0 atom stereocenters. The van der Waals surface area contributed by atoms with Crippen LogP contribution in [0.25, 0.3) is 5.65 Å². The summed E-state index contributed by atoms with van der Waals surface area (Å²) in [7, 11) is 0. The minimum absolute atomic E-state index is 0. The Labute approximate surface area is 193 Å². The van der Waals surface area contributed by atoms with Gasteiger partial charge in [-0.15, -0.1) is 34.2 Å². The molecule has 4 aromatic rings. The molecule has 2 N–H and O–H groups in total. The first-order valence-electron chi connectivity index (χ1n) is 9.72. The fraction of sp³-hybridized carbons (Fsp3) is 0.174. The Morgan fingerprint density at radius 3 is 2.50 bits per heavy atom. The van der Waals surface area contributed by atoms with Crippen molar-refractivity contribution in [2.45, 2.75) is 19.9 Å². The van der Waals surface area contributed by atoms with Crippen LogP contribution in [0.15, 0.2) is 84.0 Å². The first-order valence-corrected chi connectivity index (χ1v) is 9.72. The van der Waals surface area contributed by atoms with Gasteiger partial charge in [-0.2, -0.15) is 0 Å². The lowest BCUT2D eigenvalue weighted by Crippen LogP contribution is -2.32. The molecule has 2 heterocycles. The van der Waals surface area contributed by atoms with Crippen LogP contribution in [0.3, 0.4) is 0 Å². The number of nitrogens with one attached hydrogen (secondary N) is 2. The Morgan fingerprint density at radius 1 is 0.933 bits per heavy atom. The molecule has 0 aliphatic rings. The molecule has 0 unspecified atom stereocenters. The second-order valence-electron chi connectivity index (χ2n) is 6.86. The molecule has 6 nitrogen and oxygen atoms in total. The van der Waals surface area contributed by atoms with E-state index in [0.29, 0.717) is 13.1 Å². The molecule has 0 saturated heterocycles. The zero-order valence-electron chi connectivity index (χ0n) is 16.8. The third kappa shape index (κ3) is 5.79. The van der Waals surface area contributed by atoms with Crippen molar-refractivity contribution in [3.05, 3.63) is 95.9 Å². The predicted octanol–water partition coefficient (Wildman–Crippen LogP) is 4.46. The highest BCUT2D eigenvalue weighted by Crippen LogP contribution is 2.08. The molecule has 30 heavy (non-hydrogen) atoms. The van der Waals surface area contributed by atoms with Crippen molar-refractivity contribution < 1.29 is 0 Å².